The number of hydrogen-bond donors (Lipinski definition) is 1. The number of aryl methyl sites for hydroxylation is 1. The van der Waals surface area contributed by atoms with Crippen LogP contribution in [0, 0.1) is 12.8 Å². The van der Waals surface area contributed by atoms with Crippen molar-refractivity contribution in [3.8, 4) is 5.75 Å². The summed E-state index contributed by atoms with van der Waals surface area (Å²) in [6, 6.07) is 15.6. The molecule has 2 aromatic carbocycles. The standard InChI is InChI=1S/C20H25NO2/c1-14(2)12-19(16-8-10-18(23-4)11-9-16)21-20(22)17-7-5-6-15(3)13-17/h5-11,13-14,19H,12H2,1-4H3,(H,21,22). The quantitative estimate of drug-likeness (QED) is 0.851. The van der Waals surface area contributed by atoms with Gasteiger partial charge in [-0.2, -0.15) is 0 Å². The van der Waals surface area contributed by atoms with E-state index in [4.69, 9.17) is 4.74 Å². The zero-order valence-electron chi connectivity index (χ0n) is 14.3. The van der Waals surface area contributed by atoms with Crippen LogP contribution in [0.1, 0.15) is 47.8 Å². The second kappa shape index (κ2) is 7.82. The van der Waals surface area contributed by atoms with Crippen molar-refractivity contribution in [2.75, 3.05) is 7.11 Å². The molecule has 2 aromatic rings. The molecule has 1 amide bonds. The maximum absolute atomic E-state index is 12.5. The third-order valence-corrected chi connectivity index (χ3v) is 3.81. The Labute approximate surface area is 138 Å². The summed E-state index contributed by atoms with van der Waals surface area (Å²) in [7, 11) is 1.65. The third kappa shape index (κ3) is 4.85. The molecule has 0 spiro atoms. The summed E-state index contributed by atoms with van der Waals surface area (Å²) in [4.78, 5) is 12.5. The van der Waals surface area contributed by atoms with Crippen molar-refractivity contribution < 1.29 is 9.53 Å². The summed E-state index contributed by atoms with van der Waals surface area (Å²) < 4.78 is 5.21. The molecular formula is C20H25NO2. The Balaban J connectivity index is 2.19. The van der Waals surface area contributed by atoms with E-state index in [-0.39, 0.29) is 11.9 Å². The average molecular weight is 311 g/mol. The van der Waals surface area contributed by atoms with Crippen LogP contribution in [-0.4, -0.2) is 13.0 Å². The Kier molecular flexibility index (Phi) is 5.80. The van der Waals surface area contributed by atoms with Crippen molar-refractivity contribution in [1.82, 2.24) is 5.32 Å². The van der Waals surface area contributed by atoms with Crippen LogP contribution in [0.15, 0.2) is 48.5 Å². The van der Waals surface area contributed by atoms with Crippen LogP contribution in [0.2, 0.25) is 0 Å². The molecule has 3 nitrogen and oxygen atoms in total. The summed E-state index contributed by atoms with van der Waals surface area (Å²) in [5.74, 6) is 1.28. The smallest absolute Gasteiger partial charge is 0.251 e. The molecule has 0 fully saturated rings. The van der Waals surface area contributed by atoms with E-state index in [1.54, 1.807) is 7.11 Å². The van der Waals surface area contributed by atoms with E-state index in [0.717, 1.165) is 23.3 Å². The lowest BCUT2D eigenvalue weighted by Gasteiger charge is -2.21. The second-order valence-electron chi connectivity index (χ2n) is 6.30. The summed E-state index contributed by atoms with van der Waals surface area (Å²) in [6.07, 6.45) is 0.893. The third-order valence-electron chi connectivity index (χ3n) is 3.81. The van der Waals surface area contributed by atoms with Crippen LogP contribution < -0.4 is 10.1 Å². The van der Waals surface area contributed by atoms with E-state index in [1.165, 1.54) is 0 Å². The van der Waals surface area contributed by atoms with Crippen molar-refractivity contribution in [3.05, 3.63) is 65.2 Å². The minimum absolute atomic E-state index is 0.00563. The summed E-state index contributed by atoms with van der Waals surface area (Å²) in [6.45, 7) is 6.32. The Morgan fingerprint density at radius 1 is 1.13 bits per heavy atom. The number of hydrogen-bond acceptors (Lipinski definition) is 2. The molecule has 23 heavy (non-hydrogen) atoms. The van der Waals surface area contributed by atoms with Gasteiger partial charge >= 0.3 is 0 Å². The highest BCUT2D eigenvalue weighted by molar-refractivity contribution is 5.94. The van der Waals surface area contributed by atoms with Crippen molar-refractivity contribution in [1.29, 1.82) is 0 Å². The first-order chi connectivity index (χ1) is 11.0. The normalized spacial score (nSPS) is 12.0. The maximum Gasteiger partial charge on any atom is 0.251 e. The number of rotatable bonds is 6. The molecule has 0 aliphatic heterocycles. The van der Waals surface area contributed by atoms with Gasteiger partial charge in [-0.15, -0.1) is 0 Å². The highest BCUT2D eigenvalue weighted by Crippen LogP contribution is 2.24. The minimum atomic E-state index is -0.0323. The predicted octanol–water partition coefficient (Wildman–Crippen LogP) is 4.52. The van der Waals surface area contributed by atoms with Gasteiger partial charge in [0.05, 0.1) is 13.2 Å². The summed E-state index contributed by atoms with van der Waals surface area (Å²) in [5, 5.41) is 3.17. The van der Waals surface area contributed by atoms with Crippen LogP contribution in [0.5, 0.6) is 5.75 Å². The highest BCUT2D eigenvalue weighted by atomic mass is 16.5. The molecule has 0 aliphatic rings. The number of nitrogens with one attached hydrogen (secondary N) is 1. The van der Waals surface area contributed by atoms with Gasteiger partial charge in [-0.05, 0) is 49.1 Å². The zero-order chi connectivity index (χ0) is 16.8. The van der Waals surface area contributed by atoms with Gasteiger partial charge in [-0.1, -0.05) is 43.7 Å². The number of amides is 1. The number of carbonyl (C=O) groups is 1. The topological polar surface area (TPSA) is 38.3 Å². The number of carbonyl (C=O) groups excluding carboxylic acids is 1. The van der Waals surface area contributed by atoms with E-state index < -0.39 is 0 Å². The van der Waals surface area contributed by atoms with Crippen LogP contribution in [0.4, 0.5) is 0 Å². The number of ether oxygens (including phenoxy) is 1. The largest absolute Gasteiger partial charge is 0.497 e. The van der Waals surface area contributed by atoms with Crippen LogP contribution in [0.3, 0.4) is 0 Å². The Morgan fingerprint density at radius 3 is 2.39 bits per heavy atom. The van der Waals surface area contributed by atoms with Gasteiger partial charge in [-0.25, -0.2) is 0 Å². The Morgan fingerprint density at radius 2 is 1.83 bits per heavy atom. The maximum atomic E-state index is 12.5. The van der Waals surface area contributed by atoms with E-state index in [0.29, 0.717) is 11.5 Å². The lowest BCUT2D eigenvalue weighted by atomic mass is 9.96. The van der Waals surface area contributed by atoms with E-state index in [2.05, 4.69) is 19.2 Å². The first kappa shape index (κ1) is 17.1. The van der Waals surface area contributed by atoms with E-state index >= 15 is 0 Å². The second-order valence-corrected chi connectivity index (χ2v) is 6.30. The minimum Gasteiger partial charge on any atom is -0.497 e. The molecule has 0 saturated carbocycles. The predicted molar refractivity (Wildman–Crippen MR) is 93.8 cm³/mol. The molecule has 3 heteroatoms. The summed E-state index contributed by atoms with van der Waals surface area (Å²) >= 11 is 0. The molecular weight excluding hydrogens is 286 g/mol. The molecule has 0 aromatic heterocycles. The highest BCUT2D eigenvalue weighted by Gasteiger charge is 2.17. The van der Waals surface area contributed by atoms with E-state index in [9.17, 15) is 4.79 Å². The molecule has 2 rings (SSSR count). The first-order valence-corrected chi connectivity index (χ1v) is 8.01. The van der Waals surface area contributed by atoms with E-state index in [1.807, 2.05) is 55.5 Å². The average Bonchev–Trinajstić information content (AvgIpc) is 2.54. The van der Waals surface area contributed by atoms with Gasteiger partial charge in [0.15, 0.2) is 0 Å². The first-order valence-electron chi connectivity index (χ1n) is 8.01. The van der Waals surface area contributed by atoms with Crippen LogP contribution >= 0.6 is 0 Å². The molecule has 0 saturated heterocycles. The molecule has 0 bridgehead atoms. The molecule has 122 valence electrons. The summed E-state index contributed by atoms with van der Waals surface area (Å²) in [5.41, 5.74) is 2.88. The van der Waals surface area contributed by atoms with Gasteiger partial charge in [-0.3, -0.25) is 4.79 Å². The fraction of sp³-hybridized carbons (Fsp3) is 0.350. The molecule has 1 atom stereocenters. The van der Waals surface area contributed by atoms with Gasteiger partial charge in [0.1, 0.15) is 5.75 Å². The van der Waals surface area contributed by atoms with Gasteiger partial charge in [0.25, 0.3) is 5.91 Å². The van der Waals surface area contributed by atoms with Crippen molar-refractivity contribution in [2.24, 2.45) is 5.92 Å². The number of methoxy groups -OCH3 is 1. The van der Waals surface area contributed by atoms with Crippen LogP contribution in [-0.2, 0) is 0 Å². The fourth-order valence-electron chi connectivity index (χ4n) is 2.61. The van der Waals surface area contributed by atoms with Gasteiger partial charge in [0, 0.05) is 5.56 Å². The van der Waals surface area contributed by atoms with Gasteiger partial charge in [0.2, 0.25) is 0 Å². The number of benzene rings is 2. The SMILES string of the molecule is COc1ccc(C(CC(C)C)NC(=O)c2cccc(C)c2)cc1. The Hall–Kier alpha value is -2.29. The lowest BCUT2D eigenvalue weighted by Crippen LogP contribution is -2.29. The Bertz CT molecular complexity index is 647. The molecule has 1 N–H and O–H groups in total. The molecule has 0 aliphatic carbocycles. The van der Waals surface area contributed by atoms with Crippen molar-refractivity contribution in [3.63, 3.8) is 0 Å². The molecule has 1 unspecified atom stereocenters. The monoisotopic (exact) mass is 311 g/mol. The van der Waals surface area contributed by atoms with Crippen molar-refractivity contribution >= 4 is 5.91 Å². The molecule has 0 radical (unpaired) electrons. The van der Waals surface area contributed by atoms with Crippen molar-refractivity contribution in [2.45, 2.75) is 33.2 Å². The van der Waals surface area contributed by atoms with Gasteiger partial charge < -0.3 is 10.1 Å². The van der Waals surface area contributed by atoms with Crippen LogP contribution in [0.25, 0.3) is 0 Å². The zero-order valence-corrected chi connectivity index (χ0v) is 14.3. The molecule has 0 heterocycles. The lowest BCUT2D eigenvalue weighted by molar-refractivity contribution is 0.0932. The fourth-order valence-corrected chi connectivity index (χ4v) is 2.61.